The minimum atomic E-state index is -1.14. The second-order valence-corrected chi connectivity index (χ2v) is 6.66. The van der Waals surface area contributed by atoms with E-state index in [2.05, 4.69) is 9.97 Å². The monoisotopic (exact) mass is 397 g/mol. The lowest BCUT2D eigenvalue weighted by Crippen LogP contribution is -2.14. The molecule has 0 spiro atoms. The fraction of sp³-hybridized carbons (Fsp3) is 0.0526. The van der Waals surface area contributed by atoms with Crippen molar-refractivity contribution < 1.29 is 9.90 Å². The molecule has 3 aromatic rings. The number of hydrogen-bond acceptors (Lipinski definition) is 5. The van der Waals surface area contributed by atoms with Gasteiger partial charge in [0, 0.05) is 5.56 Å². The quantitative estimate of drug-likeness (QED) is 0.508. The highest BCUT2D eigenvalue weighted by Crippen LogP contribution is 2.34. The van der Waals surface area contributed by atoms with Crippen molar-refractivity contribution in [3.63, 3.8) is 0 Å². The average molecular weight is 398 g/mol. The number of aromatic carboxylic acids is 1. The number of rotatable bonds is 4. The molecule has 2 aromatic carbocycles. The Morgan fingerprint density at radius 1 is 1.26 bits per heavy atom. The first kappa shape index (κ1) is 18.7. The second-order valence-electron chi connectivity index (χ2n) is 5.46. The van der Waals surface area contributed by atoms with E-state index < -0.39 is 11.5 Å². The molecule has 8 heteroatoms. The van der Waals surface area contributed by atoms with E-state index in [0.29, 0.717) is 21.8 Å². The van der Waals surface area contributed by atoms with Gasteiger partial charge in [-0.3, -0.25) is 4.79 Å². The van der Waals surface area contributed by atoms with Crippen molar-refractivity contribution in [3.8, 4) is 28.5 Å². The third-order valence-corrected chi connectivity index (χ3v) is 4.80. The Kier molecular flexibility index (Phi) is 5.31. The molecule has 0 radical (unpaired) electrons. The molecule has 1 aromatic heterocycles. The number of benzene rings is 2. The molecule has 0 aliphatic carbocycles. The normalized spacial score (nSPS) is 10.4. The van der Waals surface area contributed by atoms with Crippen molar-refractivity contribution in [1.82, 2.24) is 9.97 Å². The number of carboxylic acid groups (broad SMARTS) is 1. The molecule has 0 bridgehead atoms. The SMILES string of the molecule is CSc1nc(-c2ccccc2-c2ccc(Cl)c(C(=O)O)c2)c(C#N)c(=O)[nH]1. The standard InChI is InChI=1S/C19H12ClN3O3S/c1-27-19-22-16(14(9-21)17(24)23-19)12-5-3-2-4-11(12)10-6-7-15(20)13(8-10)18(25)26/h2-8H,1H3,(H,25,26)(H,22,23,24). The van der Waals surface area contributed by atoms with Gasteiger partial charge in [0.15, 0.2) is 5.16 Å². The largest absolute Gasteiger partial charge is 0.478 e. The van der Waals surface area contributed by atoms with Crippen LogP contribution in [0.25, 0.3) is 22.4 Å². The summed E-state index contributed by atoms with van der Waals surface area (Å²) in [4.78, 5) is 30.6. The summed E-state index contributed by atoms with van der Waals surface area (Å²) >= 11 is 7.21. The van der Waals surface area contributed by atoms with E-state index in [-0.39, 0.29) is 21.8 Å². The molecule has 0 unspecified atom stereocenters. The third kappa shape index (κ3) is 3.58. The van der Waals surface area contributed by atoms with Gasteiger partial charge in [0.2, 0.25) is 0 Å². The molecule has 0 aliphatic rings. The van der Waals surface area contributed by atoms with Crippen LogP contribution in [0.2, 0.25) is 5.02 Å². The molecule has 27 heavy (non-hydrogen) atoms. The van der Waals surface area contributed by atoms with Gasteiger partial charge in [0.25, 0.3) is 5.56 Å². The van der Waals surface area contributed by atoms with Crippen LogP contribution in [-0.2, 0) is 0 Å². The van der Waals surface area contributed by atoms with Crippen LogP contribution >= 0.6 is 23.4 Å². The lowest BCUT2D eigenvalue weighted by atomic mass is 9.95. The molecule has 0 saturated heterocycles. The van der Waals surface area contributed by atoms with E-state index in [1.54, 1.807) is 36.6 Å². The number of carboxylic acids is 1. The summed E-state index contributed by atoms with van der Waals surface area (Å²) in [5, 5.41) is 19.3. The van der Waals surface area contributed by atoms with Crippen LogP contribution < -0.4 is 5.56 Å². The van der Waals surface area contributed by atoms with Gasteiger partial charge in [-0.05, 0) is 29.5 Å². The van der Waals surface area contributed by atoms with Crippen molar-refractivity contribution in [2.45, 2.75) is 5.16 Å². The summed E-state index contributed by atoms with van der Waals surface area (Å²) in [6, 6.07) is 13.6. The first-order chi connectivity index (χ1) is 13.0. The fourth-order valence-electron chi connectivity index (χ4n) is 2.65. The van der Waals surface area contributed by atoms with E-state index >= 15 is 0 Å². The summed E-state index contributed by atoms with van der Waals surface area (Å²) in [7, 11) is 0. The number of aromatic amines is 1. The highest BCUT2D eigenvalue weighted by Gasteiger charge is 2.18. The first-order valence-corrected chi connectivity index (χ1v) is 9.27. The van der Waals surface area contributed by atoms with Crippen LogP contribution in [0.1, 0.15) is 15.9 Å². The number of thioether (sulfide) groups is 1. The highest BCUT2D eigenvalue weighted by atomic mass is 35.5. The first-order valence-electron chi connectivity index (χ1n) is 7.67. The minimum Gasteiger partial charge on any atom is -0.478 e. The predicted molar refractivity (Wildman–Crippen MR) is 104 cm³/mol. The van der Waals surface area contributed by atoms with E-state index in [0.717, 1.165) is 0 Å². The Labute approximate surface area is 163 Å². The predicted octanol–water partition coefficient (Wildman–Crippen LogP) is 4.05. The summed E-state index contributed by atoms with van der Waals surface area (Å²) < 4.78 is 0. The molecule has 0 amide bonds. The molecule has 1 heterocycles. The summed E-state index contributed by atoms with van der Waals surface area (Å²) in [5.41, 5.74) is 1.36. The van der Waals surface area contributed by atoms with Crippen LogP contribution in [-0.4, -0.2) is 27.3 Å². The Hall–Kier alpha value is -3.08. The number of nitriles is 1. The molecule has 2 N–H and O–H groups in total. The van der Waals surface area contributed by atoms with E-state index in [1.165, 1.54) is 23.9 Å². The molecule has 134 valence electrons. The van der Waals surface area contributed by atoms with Crippen molar-refractivity contribution in [3.05, 3.63) is 69.0 Å². The maximum atomic E-state index is 12.2. The molecule has 0 saturated carbocycles. The lowest BCUT2D eigenvalue weighted by Gasteiger charge is -2.12. The molecule has 0 fully saturated rings. The molecular formula is C19H12ClN3O3S. The zero-order valence-electron chi connectivity index (χ0n) is 14.0. The van der Waals surface area contributed by atoms with Crippen molar-refractivity contribution in [1.29, 1.82) is 5.26 Å². The lowest BCUT2D eigenvalue weighted by molar-refractivity contribution is 0.0697. The summed E-state index contributed by atoms with van der Waals surface area (Å²) in [6.45, 7) is 0. The van der Waals surface area contributed by atoms with Crippen LogP contribution in [0.5, 0.6) is 0 Å². The number of H-pyrrole nitrogens is 1. The number of carbonyl (C=O) groups is 1. The maximum absolute atomic E-state index is 12.2. The van der Waals surface area contributed by atoms with Gasteiger partial charge >= 0.3 is 5.97 Å². The minimum absolute atomic E-state index is 0.0341. The van der Waals surface area contributed by atoms with Gasteiger partial charge < -0.3 is 10.1 Å². The van der Waals surface area contributed by atoms with Crippen LogP contribution in [0.15, 0.2) is 52.4 Å². The number of aromatic nitrogens is 2. The summed E-state index contributed by atoms with van der Waals surface area (Å²) in [6.07, 6.45) is 1.76. The second kappa shape index (κ2) is 7.66. The van der Waals surface area contributed by atoms with E-state index in [1.807, 2.05) is 6.07 Å². The Morgan fingerprint density at radius 3 is 2.59 bits per heavy atom. The smallest absolute Gasteiger partial charge is 0.337 e. The van der Waals surface area contributed by atoms with Gasteiger partial charge in [0.1, 0.15) is 11.6 Å². The highest BCUT2D eigenvalue weighted by molar-refractivity contribution is 7.98. The number of nitrogens with zero attached hydrogens (tertiary/aromatic N) is 2. The molecule has 0 aliphatic heterocycles. The van der Waals surface area contributed by atoms with Crippen molar-refractivity contribution >= 4 is 29.3 Å². The fourth-order valence-corrected chi connectivity index (χ4v) is 3.22. The van der Waals surface area contributed by atoms with Gasteiger partial charge in [-0.15, -0.1) is 0 Å². The van der Waals surface area contributed by atoms with Crippen LogP contribution in [0, 0.1) is 11.3 Å². The van der Waals surface area contributed by atoms with Crippen LogP contribution in [0.3, 0.4) is 0 Å². The molecule has 6 nitrogen and oxygen atoms in total. The number of nitrogens with one attached hydrogen (secondary N) is 1. The van der Waals surface area contributed by atoms with E-state index in [9.17, 15) is 20.0 Å². The third-order valence-electron chi connectivity index (χ3n) is 3.89. The number of halogens is 1. The van der Waals surface area contributed by atoms with Crippen LogP contribution in [0.4, 0.5) is 0 Å². The molecular weight excluding hydrogens is 386 g/mol. The van der Waals surface area contributed by atoms with Gasteiger partial charge in [-0.1, -0.05) is 53.7 Å². The van der Waals surface area contributed by atoms with Crippen molar-refractivity contribution in [2.24, 2.45) is 0 Å². The van der Waals surface area contributed by atoms with Gasteiger partial charge in [-0.25, -0.2) is 9.78 Å². The number of hydrogen-bond donors (Lipinski definition) is 2. The topological polar surface area (TPSA) is 107 Å². The molecule has 3 rings (SSSR count). The zero-order chi connectivity index (χ0) is 19.6. The Morgan fingerprint density at radius 2 is 1.96 bits per heavy atom. The summed E-state index contributed by atoms with van der Waals surface area (Å²) in [5.74, 6) is -1.14. The average Bonchev–Trinajstić information content (AvgIpc) is 2.67. The van der Waals surface area contributed by atoms with Gasteiger partial charge in [0.05, 0.1) is 16.3 Å². The molecule has 0 atom stereocenters. The Bertz CT molecular complexity index is 1150. The zero-order valence-corrected chi connectivity index (χ0v) is 15.6. The van der Waals surface area contributed by atoms with E-state index in [4.69, 9.17) is 11.6 Å². The van der Waals surface area contributed by atoms with Crippen molar-refractivity contribution in [2.75, 3.05) is 6.26 Å². The maximum Gasteiger partial charge on any atom is 0.337 e. The van der Waals surface area contributed by atoms with Gasteiger partial charge in [-0.2, -0.15) is 5.26 Å². The Balaban J connectivity index is 2.30.